The van der Waals surface area contributed by atoms with Crippen LogP contribution in [0.2, 0.25) is 0 Å². The van der Waals surface area contributed by atoms with Crippen LogP contribution in [-0.2, 0) is 18.0 Å². The van der Waals surface area contributed by atoms with Gasteiger partial charge in [-0.1, -0.05) is 71.4 Å². The van der Waals surface area contributed by atoms with Crippen LogP contribution in [0.25, 0.3) is 11.0 Å². The quantitative estimate of drug-likeness (QED) is 0.388. The lowest BCUT2D eigenvalue weighted by atomic mass is 10.1. The SMILES string of the molecule is CCCCCCCCCOCn1c(=N)n(CCN(CC)CC)c2ccccc21.Cl. The summed E-state index contributed by atoms with van der Waals surface area (Å²) in [4.78, 5) is 2.40. The highest BCUT2D eigenvalue weighted by Gasteiger charge is 2.11. The molecule has 2 aromatic rings. The van der Waals surface area contributed by atoms with Gasteiger partial charge in [-0.05, 0) is 31.6 Å². The van der Waals surface area contributed by atoms with Crippen molar-refractivity contribution in [2.45, 2.75) is 79.0 Å². The number of ether oxygens (including phenoxy) is 1. The number of nitrogens with zero attached hydrogens (tertiary/aromatic N) is 3. The number of likely N-dealkylation sites (N-methyl/N-ethyl adjacent to an activating group) is 1. The minimum Gasteiger partial charge on any atom is -0.361 e. The van der Waals surface area contributed by atoms with E-state index in [-0.39, 0.29) is 12.4 Å². The van der Waals surface area contributed by atoms with Gasteiger partial charge < -0.3 is 14.2 Å². The second-order valence-electron chi connectivity index (χ2n) is 7.58. The molecule has 0 unspecified atom stereocenters. The highest BCUT2D eigenvalue weighted by Crippen LogP contribution is 2.13. The Morgan fingerprint density at radius 1 is 0.862 bits per heavy atom. The monoisotopic (exact) mass is 424 g/mol. The Labute approximate surface area is 183 Å². The number of benzene rings is 1. The summed E-state index contributed by atoms with van der Waals surface area (Å²) in [6.45, 7) is 11.8. The molecule has 5 nitrogen and oxygen atoms in total. The zero-order valence-corrected chi connectivity index (χ0v) is 19.5. The lowest BCUT2D eigenvalue weighted by molar-refractivity contribution is 0.0728. The minimum atomic E-state index is 0. The van der Waals surface area contributed by atoms with Gasteiger partial charge in [-0.2, -0.15) is 0 Å². The van der Waals surface area contributed by atoms with Gasteiger partial charge in [0.15, 0.2) is 0 Å². The molecule has 6 heteroatoms. The Hall–Kier alpha value is -1.30. The average molecular weight is 425 g/mol. The zero-order valence-electron chi connectivity index (χ0n) is 18.7. The molecule has 0 saturated carbocycles. The molecule has 0 aliphatic carbocycles. The molecule has 1 heterocycles. The highest BCUT2D eigenvalue weighted by molar-refractivity contribution is 5.85. The Kier molecular flexibility index (Phi) is 13.0. The van der Waals surface area contributed by atoms with E-state index in [0.29, 0.717) is 12.3 Å². The van der Waals surface area contributed by atoms with Crippen LogP contribution in [0.15, 0.2) is 24.3 Å². The van der Waals surface area contributed by atoms with Crippen molar-refractivity contribution in [3.05, 3.63) is 29.9 Å². The van der Waals surface area contributed by atoms with E-state index in [1.54, 1.807) is 0 Å². The molecule has 0 spiro atoms. The molecule has 0 aliphatic heterocycles. The lowest BCUT2D eigenvalue weighted by Gasteiger charge is -2.18. The summed E-state index contributed by atoms with van der Waals surface area (Å²) in [6, 6.07) is 8.31. The third-order valence-electron chi connectivity index (χ3n) is 5.62. The summed E-state index contributed by atoms with van der Waals surface area (Å²) in [7, 11) is 0. The Morgan fingerprint density at radius 3 is 2.07 bits per heavy atom. The van der Waals surface area contributed by atoms with Gasteiger partial charge in [0, 0.05) is 19.7 Å². The molecule has 1 aromatic heterocycles. The number of hydrogen-bond donors (Lipinski definition) is 1. The van der Waals surface area contributed by atoms with Crippen molar-refractivity contribution in [3.8, 4) is 0 Å². The summed E-state index contributed by atoms with van der Waals surface area (Å²) in [5.74, 6) is 0. The number of nitrogens with one attached hydrogen (secondary N) is 1. The second kappa shape index (κ2) is 14.6. The van der Waals surface area contributed by atoms with Crippen molar-refractivity contribution < 1.29 is 4.74 Å². The molecule has 166 valence electrons. The molecule has 29 heavy (non-hydrogen) atoms. The normalized spacial score (nSPS) is 11.3. The van der Waals surface area contributed by atoms with Gasteiger partial charge in [0.25, 0.3) is 0 Å². The molecule has 2 rings (SSSR count). The van der Waals surface area contributed by atoms with Gasteiger partial charge in [0.2, 0.25) is 5.62 Å². The van der Waals surface area contributed by atoms with Gasteiger partial charge in [-0.15, -0.1) is 12.4 Å². The molecular formula is C23H41ClN4O. The molecule has 0 atom stereocenters. The standard InChI is InChI=1S/C23H40N4O.ClH/c1-4-7-8-9-10-11-14-19-28-20-27-22-16-13-12-15-21(22)26(23(27)24)18-17-25(5-2)6-3;/h12-13,15-16,24H,4-11,14,17-20H2,1-3H3;1H. The first-order chi connectivity index (χ1) is 13.7. The molecular weight excluding hydrogens is 384 g/mol. The minimum absolute atomic E-state index is 0. The maximum Gasteiger partial charge on any atom is 0.204 e. The summed E-state index contributed by atoms with van der Waals surface area (Å²) < 4.78 is 10.1. The van der Waals surface area contributed by atoms with Gasteiger partial charge in [-0.3, -0.25) is 9.98 Å². The number of hydrogen-bond acceptors (Lipinski definition) is 3. The van der Waals surface area contributed by atoms with Crippen LogP contribution < -0.4 is 5.62 Å². The van der Waals surface area contributed by atoms with Gasteiger partial charge >= 0.3 is 0 Å². The van der Waals surface area contributed by atoms with Crippen molar-refractivity contribution in [1.82, 2.24) is 14.0 Å². The molecule has 0 radical (unpaired) electrons. The topological polar surface area (TPSA) is 46.2 Å². The molecule has 0 bridgehead atoms. The smallest absolute Gasteiger partial charge is 0.204 e. The van der Waals surface area contributed by atoms with E-state index in [4.69, 9.17) is 10.1 Å². The van der Waals surface area contributed by atoms with Crippen molar-refractivity contribution in [3.63, 3.8) is 0 Å². The van der Waals surface area contributed by atoms with E-state index >= 15 is 0 Å². The van der Waals surface area contributed by atoms with E-state index in [1.807, 2.05) is 10.6 Å². The van der Waals surface area contributed by atoms with Crippen LogP contribution in [0.5, 0.6) is 0 Å². The maximum absolute atomic E-state index is 8.67. The second-order valence-corrected chi connectivity index (χ2v) is 7.58. The number of imidazole rings is 1. The predicted octanol–water partition coefficient (Wildman–Crippen LogP) is 5.41. The van der Waals surface area contributed by atoms with Crippen LogP contribution in [-0.4, -0.2) is 40.3 Å². The van der Waals surface area contributed by atoms with Crippen molar-refractivity contribution in [2.24, 2.45) is 0 Å². The Bertz CT molecular complexity index is 736. The predicted molar refractivity (Wildman–Crippen MR) is 125 cm³/mol. The molecule has 1 aromatic carbocycles. The van der Waals surface area contributed by atoms with E-state index < -0.39 is 0 Å². The van der Waals surface area contributed by atoms with Crippen LogP contribution in [0.4, 0.5) is 0 Å². The number of para-hydroxylation sites is 2. The fourth-order valence-electron chi connectivity index (χ4n) is 3.75. The molecule has 0 amide bonds. The van der Waals surface area contributed by atoms with E-state index in [1.165, 1.54) is 38.5 Å². The first-order valence-electron chi connectivity index (χ1n) is 11.3. The summed E-state index contributed by atoms with van der Waals surface area (Å²) >= 11 is 0. The summed E-state index contributed by atoms with van der Waals surface area (Å²) in [5, 5.41) is 8.67. The summed E-state index contributed by atoms with van der Waals surface area (Å²) in [6.07, 6.45) is 9.04. The molecule has 1 N–H and O–H groups in total. The van der Waals surface area contributed by atoms with Crippen LogP contribution in [0, 0.1) is 5.41 Å². The van der Waals surface area contributed by atoms with Gasteiger partial charge in [-0.25, -0.2) is 0 Å². The van der Waals surface area contributed by atoms with E-state index in [9.17, 15) is 0 Å². The Morgan fingerprint density at radius 2 is 1.45 bits per heavy atom. The van der Waals surface area contributed by atoms with E-state index in [0.717, 1.165) is 50.2 Å². The van der Waals surface area contributed by atoms with Gasteiger partial charge in [0.05, 0.1) is 11.0 Å². The fourth-order valence-corrected chi connectivity index (χ4v) is 3.75. The summed E-state index contributed by atoms with van der Waals surface area (Å²) in [5.41, 5.74) is 2.75. The lowest BCUT2D eigenvalue weighted by Crippen LogP contribution is -2.32. The first-order valence-corrected chi connectivity index (χ1v) is 11.3. The van der Waals surface area contributed by atoms with Crippen molar-refractivity contribution in [1.29, 1.82) is 5.41 Å². The first kappa shape index (κ1) is 25.7. The van der Waals surface area contributed by atoms with Crippen LogP contribution >= 0.6 is 12.4 Å². The number of rotatable bonds is 15. The third-order valence-corrected chi connectivity index (χ3v) is 5.62. The number of fused-ring (bicyclic) bond motifs is 1. The molecule has 0 fully saturated rings. The van der Waals surface area contributed by atoms with Crippen LogP contribution in [0.3, 0.4) is 0 Å². The average Bonchev–Trinajstić information content (AvgIpc) is 2.99. The van der Waals surface area contributed by atoms with E-state index in [2.05, 4.69) is 48.4 Å². The molecule has 0 saturated heterocycles. The fraction of sp³-hybridized carbons (Fsp3) is 0.696. The molecule has 0 aliphatic rings. The highest BCUT2D eigenvalue weighted by atomic mass is 35.5. The Balaban J connectivity index is 0.00000420. The van der Waals surface area contributed by atoms with Crippen molar-refractivity contribution in [2.75, 3.05) is 26.2 Å². The van der Waals surface area contributed by atoms with Crippen molar-refractivity contribution >= 4 is 23.4 Å². The number of aromatic nitrogens is 2. The zero-order chi connectivity index (χ0) is 20.2. The third kappa shape index (κ3) is 7.80. The van der Waals surface area contributed by atoms with Crippen LogP contribution in [0.1, 0.15) is 65.7 Å². The maximum atomic E-state index is 8.67. The number of halogens is 1. The van der Waals surface area contributed by atoms with Gasteiger partial charge in [0.1, 0.15) is 6.73 Å². The number of unbranched alkanes of at least 4 members (excludes halogenated alkanes) is 6. The largest absolute Gasteiger partial charge is 0.361 e.